The van der Waals surface area contributed by atoms with Crippen molar-refractivity contribution in [3.05, 3.63) is 71.6 Å². The third-order valence-electron chi connectivity index (χ3n) is 9.27. The average molecular weight is 566 g/mol. The molecule has 4 heterocycles. The van der Waals surface area contributed by atoms with Gasteiger partial charge in [0, 0.05) is 23.8 Å². The molecule has 2 aromatic rings. The van der Waals surface area contributed by atoms with E-state index >= 15 is 0 Å². The first kappa shape index (κ1) is 28.0. The molecule has 9 heteroatoms. The number of amides is 1. The minimum absolute atomic E-state index is 0.0203. The first-order chi connectivity index (χ1) is 19.7. The van der Waals surface area contributed by atoms with Crippen LogP contribution in [0.3, 0.4) is 0 Å². The Labute approximate surface area is 239 Å². The van der Waals surface area contributed by atoms with Gasteiger partial charge in [0.2, 0.25) is 5.79 Å². The van der Waals surface area contributed by atoms with Gasteiger partial charge in [0.05, 0.1) is 0 Å². The quantitative estimate of drug-likeness (QED) is 0.272. The molecule has 2 aromatic carbocycles. The Bertz CT molecular complexity index is 1310. The van der Waals surface area contributed by atoms with Crippen LogP contribution < -0.4 is 10.1 Å². The number of carbonyl (C=O) groups is 2. The molecule has 1 amide bonds. The van der Waals surface area contributed by atoms with Crippen molar-refractivity contribution in [1.82, 2.24) is 5.32 Å². The van der Waals surface area contributed by atoms with Crippen molar-refractivity contribution >= 4 is 17.8 Å². The summed E-state index contributed by atoms with van der Waals surface area (Å²) in [7, 11) is 0. The van der Waals surface area contributed by atoms with E-state index < -0.39 is 23.9 Å². The van der Waals surface area contributed by atoms with Gasteiger partial charge < -0.3 is 19.5 Å². The predicted molar refractivity (Wildman–Crippen MR) is 147 cm³/mol. The topological polar surface area (TPSA) is 92.3 Å². The summed E-state index contributed by atoms with van der Waals surface area (Å²) < 4.78 is 31.5. The van der Waals surface area contributed by atoms with E-state index in [2.05, 4.69) is 19.2 Å². The van der Waals surface area contributed by atoms with Crippen LogP contribution in [-0.2, 0) is 24.0 Å². The first-order valence-electron chi connectivity index (χ1n) is 14.4. The molecule has 7 rings (SSSR count). The van der Waals surface area contributed by atoms with Crippen LogP contribution in [0.4, 0.5) is 4.39 Å². The summed E-state index contributed by atoms with van der Waals surface area (Å²) in [5.41, 5.74) is 0.512. The molecule has 1 spiro atoms. The predicted octanol–water partition coefficient (Wildman–Crippen LogP) is 5.42. The zero-order valence-electron chi connectivity index (χ0n) is 23.5. The number of fused-ring (bicyclic) bond motifs is 2. The van der Waals surface area contributed by atoms with Crippen LogP contribution in [0.5, 0.6) is 5.75 Å². The van der Waals surface area contributed by atoms with Crippen molar-refractivity contribution in [2.75, 3.05) is 6.61 Å². The maximum Gasteiger partial charge on any atom is 0.259 e. The van der Waals surface area contributed by atoms with E-state index in [4.69, 9.17) is 24.0 Å². The van der Waals surface area contributed by atoms with Gasteiger partial charge in [-0.3, -0.25) is 9.59 Å². The van der Waals surface area contributed by atoms with Crippen molar-refractivity contribution in [2.24, 2.45) is 23.7 Å². The Kier molecular flexibility index (Phi) is 7.48. The van der Waals surface area contributed by atoms with Gasteiger partial charge in [-0.25, -0.2) is 14.2 Å². The molecule has 8 atom stereocenters. The van der Waals surface area contributed by atoms with Crippen LogP contribution in [0.15, 0.2) is 54.6 Å². The molecule has 41 heavy (non-hydrogen) atoms. The molecule has 5 fully saturated rings. The molecule has 2 bridgehead atoms. The summed E-state index contributed by atoms with van der Waals surface area (Å²) in [6.07, 6.45) is 5.57. The average Bonchev–Trinajstić information content (AvgIpc) is 3.20. The number of ether oxygens (including phenoxy) is 3. The van der Waals surface area contributed by atoms with Crippen LogP contribution >= 0.6 is 0 Å². The number of rotatable bonds is 7. The van der Waals surface area contributed by atoms with E-state index in [0.717, 1.165) is 31.2 Å². The van der Waals surface area contributed by atoms with Crippen molar-refractivity contribution in [3.63, 3.8) is 0 Å². The first-order valence-corrected chi connectivity index (χ1v) is 14.4. The van der Waals surface area contributed by atoms with E-state index in [1.54, 1.807) is 42.5 Å². The largest absolute Gasteiger partial charge is 0.484 e. The Morgan fingerprint density at radius 1 is 1.02 bits per heavy atom. The lowest BCUT2D eigenvalue weighted by atomic mass is 9.58. The van der Waals surface area contributed by atoms with Crippen LogP contribution in [0, 0.1) is 29.5 Å². The molecular formula is C32H36FNO7. The second-order valence-electron chi connectivity index (χ2n) is 12.0. The fraction of sp³-hybridized carbons (Fsp3) is 0.500. The van der Waals surface area contributed by atoms with E-state index in [9.17, 15) is 14.0 Å². The second-order valence-corrected chi connectivity index (χ2v) is 12.0. The molecule has 1 aliphatic carbocycles. The number of ketones is 1. The normalized spacial score (nSPS) is 35.9. The summed E-state index contributed by atoms with van der Waals surface area (Å²) in [6, 6.07) is 12.4. The minimum atomic E-state index is -0.875. The second kappa shape index (κ2) is 10.9. The number of allylic oxidation sites excluding steroid dienone is 1. The van der Waals surface area contributed by atoms with Gasteiger partial charge in [-0.2, -0.15) is 0 Å². The zero-order chi connectivity index (χ0) is 28.8. The Balaban J connectivity index is 1.06. The molecule has 8 nitrogen and oxygen atoms in total. The fourth-order valence-corrected chi connectivity index (χ4v) is 6.98. The highest BCUT2D eigenvalue weighted by Gasteiger charge is 2.69. The van der Waals surface area contributed by atoms with Crippen molar-refractivity contribution < 1.29 is 38.0 Å². The molecule has 1 saturated carbocycles. The number of benzene rings is 2. The van der Waals surface area contributed by atoms with Gasteiger partial charge in [0.25, 0.3) is 5.91 Å². The molecule has 4 aliphatic heterocycles. The highest BCUT2D eigenvalue weighted by molar-refractivity contribution is 6.06. The smallest absolute Gasteiger partial charge is 0.259 e. The van der Waals surface area contributed by atoms with Gasteiger partial charge in [-0.15, -0.1) is 0 Å². The Morgan fingerprint density at radius 3 is 2.54 bits per heavy atom. The van der Waals surface area contributed by atoms with Gasteiger partial charge in [-0.05, 0) is 86.1 Å². The summed E-state index contributed by atoms with van der Waals surface area (Å²) >= 11 is 0. The number of hydrogen-bond donors (Lipinski definition) is 1. The van der Waals surface area contributed by atoms with E-state index in [-0.39, 0.29) is 41.9 Å². The lowest BCUT2D eigenvalue weighted by molar-refractivity contribution is -0.571. The zero-order valence-corrected chi connectivity index (χ0v) is 23.5. The van der Waals surface area contributed by atoms with Crippen molar-refractivity contribution in [1.29, 1.82) is 0 Å². The van der Waals surface area contributed by atoms with Crippen LogP contribution in [0.1, 0.15) is 62.4 Å². The highest BCUT2D eigenvalue weighted by atomic mass is 19.1. The van der Waals surface area contributed by atoms with Crippen molar-refractivity contribution in [3.8, 4) is 5.75 Å². The third kappa shape index (κ3) is 5.32. The van der Waals surface area contributed by atoms with E-state index in [0.29, 0.717) is 17.2 Å². The van der Waals surface area contributed by atoms with Gasteiger partial charge in [-0.1, -0.05) is 32.1 Å². The fourth-order valence-electron chi connectivity index (χ4n) is 6.98. The van der Waals surface area contributed by atoms with E-state index in [1.165, 1.54) is 18.2 Å². The van der Waals surface area contributed by atoms with E-state index in [1.807, 2.05) is 6.92 Å². The molecule has 2 unspecified atom stereocenters. The lowest BCUT2D eigenvalue weighted by Crippen LogP contribution is -2.72. The van der Waals surface area contributed by atoms with Gasteiger partial charge >= 0.3 is 0 Å². The summed E-state index contributed by atoms with van der Waals surface area (Å²) in [5.74, 6) is -0.451. The van der Waals surface area contributed by atoms with Crippen LogP contribution in [0.25, 0.3) is 6.08 Å². The Morgan fingerprint density at radius 2 is 1.78 bits per heavy atom. The highest BCUT2D eigenvalue weighted by Crippen LogP contribution is 2.60. The summed E-state index contributed by atoms with van der Waals surface area (Å²) in [6.45, 7) is 6.01. The van der Waals surface area contributed by atoms with Crippen LogP contribution in [0.2, 0.25) is 0 Å². The number of carbonyl (C=O) groups excluding carboxylic acids is 2. The molecular weight excluding hydrogens is 529 g/mol. The number of halogens is 1. The maximum absolute atomic E-state index is 13.1. The maximum atomic E-state index is 13.1. The van der Waals surface area contributed by atoms with Gasteiger partial charge in [0.1, 0.15) is 17.8 Å². The molecule has 0 aromatic heterocycles. The van der Waals surface area contributed by atoms with Crippen molar-refractivity contribution in [2.45, 2.75) is 70.4 Å². The van der Waals surface area contributed by atoms with Crippen LogP contribution in [-0.4, -0.2) is 42.2 Å². The molecule has 5 aliphatic rings. The van der Waals surface area contributed by atoms with Gasteiger partial charge in [0.15, 0.2) is 24.3 Å². The third-order valence-corrected chi connectivity index (χ3v) is 9.27. The molecule has 0 radical (unpaired) electrons. The minimum Gasteiger partial charge on any atom is -0.484 e. The standard InChI is InChI=1S/C32H36FNO7/c1-19-4-14-26-20(2)29(38-30-32(26)25(19)16-17-31(3,39-30)40-41-32)34-28(36)18-37-24-12-8-22(9-13-24)27(35)15-7-21-5-10-23(33)11-6-21/h5-13,15,19-20,25-26,29-30H,4,14,16-18H2,1-3H3,(H,34,36)/b15-7+/t19-,20-,25?,26?,29+,30-,31-,32-/m1/s1. The Hall–Kier alpha value is -3.11. The molecule has 218 valence electrons. The molecule has 4 saturated heterocycles. The lowest BCUT2D eigenvalue weighted by Gasteiger charge is -2.60. The summed E-state index contributed by atoms with van der Waals surface area (Å²) in [5, 5.41) is 2.99. The number of nitrogens with one attached hydrogen (secondary N) is 1. The summed E-state index contributed by atoms with van der Waals surface area (Å²) in [4.78, 5) is 37.4. The molecule has 1 N–H and O–H groups in total. The SMILES string of the molecule is C[C@@H]1CCC2[C@@H](C)[C@@H](NC(=O)COc3ccc(C(=O)/C=C/c4ccc(F)cc4)cc3)O[C@@H]3O[C@@]4(C)CCC1[C@@]23OO4. The number of hydrogen-bond acceptors (Lipinski definition) is 7. The monoisotopic (exact) mass is 565 g/mol.